The minimum Gasteiger partial charge on any atom is -0.304 e. The van der Waals surface area contributed by atoms with Crippen molar-refractivity contribution in [1.82, 2.24) is 13.9 Å². The summed E-state index contributed by atoms with van der Waals surface area (Å²) in [4.78, 5) is 2.17. The lowest BCUT2D eigenvalue weighted by atomic mass is 10.1. The highest BCUT2D eigenvalue weighted by molar-refractivity contribution is 7.87. The molecular weight excluding hydrogens is 250 g/mol. The predicted molar refractivity (Wildman–Crippen MR) is 70.4 cm³/mol. The molecule has 3 rings (SSSR count). The van der Waals surface area contributed by atoms with E-state index >= 15 is 0 Å². The van der Waals surface area contributed by atoms with Crippen molar-refractivity contribution >= 4 is 10.2 Å². The van der Waals surface area contributed by atoms with E-state index in [2.05, 4.69) is 9.62 Å². The van der Waals surface area contributed by atoms with Crippen LogP contribution in [0.4, 0.5) is 0 Å². The predicted octanol–water partition coefficient (Wildman–Crippen LogP) is 0.257. The van der Waals surface area contributed by atoms with Crippen LogP contribution in [0.15, 0.2) is 0 Å². The van der Waals surface area contributed by atoms with Gasteiger partial charge in [-0.25, -0.2) is 0 Å². The minimum absolute atomic E-state index is 0.217. The Kier molecular flexibility index (Phi) is 3.38. The van der Waals surface area contributed by atoms with E-state index in [9.17, 15) is 8.42 Å². The van der Waals surface area contributed by atoms with E-state index in [4.69, 9.17) is 0 Å². The topological polar surface area (TPSA) is 52.7 Å². The second kappa shape index (κ2) is 4.74. The normalized spacial score (nSPS) is 27.9. The van der Waals surface area contributed by atoms with Gasteiger partial charge in [-0.15, -0.1) is 0 Å². The maximum absolute atomic E-state index is 12.4. The molecule has 1 saturated heterocycles. The van der Waals surface area contributed by atoms with Crippen LogP contribution in [0, 0.1) is 11.8 Å². The fourth-order valence-corrected chi connectivity index (χ4v) is 4.28. The second-order valence-electron chi connectivity index (χ2n) is 6.03. The van der Waals surface area contributed by atoms with Gasteiger partial charge in [0.1, 0.15) is 0 Å². The van der Waals surface area contributed by atoms with Gasteiger partial charge in [0, 0.05) is 32.2 Å². The molecule has 1 N–H and O–H groups in total. The number of likely N-dealkylation sites (N-methyl/N-ethyl adjacent to an activating group) is 1. The van der Waals surface area contributed by atoms with Gasteiger partial charge >= 0.3 is 0 Å². The van der Waals surface area contributed by atoms with Crippen LogP contribution in [0.1, 0.15) is 25.7 Å². The Hall–Kier alpha value is -0.170. The Morgan fingerprint density at radius 3 is 1.94 bits per heavy atom. The van der Waals surface area contributed by atoms with Crippen LogP contribution in [-0.2, 0) is 10.2 Å². The van der Waals surface area contributed by atoms with Crippen molar-refractivity contribution in [2.75, 3.05) is 33.2 Å². The van der Waals surface area contributed by atoms with E-state index in [-0.39, 0.29) is 6.04 Å². The maximum atomic E-state index is 12.4. The number of hydrogen-bond acceptors (Lipinski definition) is 3. The standard InChI is InChI=1S/C12H23N3O2S/c1-14-6-8-15(9-7-14)18(16,17)13-12(10-2-3-10)11-4-5-11/h10-13H,2-9H2,1H3. The van der Waals surface area contributed by atoms with Crippen LogP contribution < -0.4 is 4.72 Å². The lowest BCUT2D eigenvalue weighted by molar-refractivity contribution is 0.219. The largest absolute Gasteiger partial charge is 0.304 e. The molecule has 2 saturated carbocycles. The van der Waals surface area contributed by atoms with E-state index in [1.54, 1.807) is 4.31 Å². The number of nitrogens with one attached hydrogen (secondary N) is 1. The average Bonchev–Trinajstić information content (AvgIpc) is 3.18. The maximum Gasteiger partial charge on any atom is 0.279 e. The zero-order valence-corrected chi connectivity index (χ0v) is 11.8. The molecule has 0 atom stereocenters. The highest BCUT2D eigenvalue weighted by atomic mass is 32.2. The van der Waals surface area contributed by atoms with Gasteiger partial charge in [0.2, 0.25) is 0 Å². The van der Waals surface area contributed by atoms with Gasteiger partial charge in [-0.2, -0.15) is 17.4 Å². The van der Waals surface area contributed by atoms with Gasteiger partial charge in [0.25, 0.3) is 10.2 Å². The van der Waals surface area contributed by atoms with Gasteiger partial charge in [-0.3, -0.25) is 0 Å². The summed E-state index contributed by atoms with van der Waals surface area (Å²) in [6.45, 7) is 2.90. The smallest absolute Gasteiger partial charge is 0.279 e. The Morgan fingerprint density at radius 2 is 1.50 bits per heavy atom. The zero-order valence-electron chi connectivity index (χ0n) is 11.0. The second-order valence-corrected chi connectivity index (χ2v) is 7.73. The number of nitrogens with zero attached hydrogens (tertiary/aromatic N) is 2. The number of piperazine rings is 1. The highest BCUT2D eigenvalue weighted by Crippen LogP contribution is 2.44. The van der Waals surface area contributed by atoms with Crippen molar-refractivity contribution in [1.29, 1.82) is 0 Å². The van der Waals surface area contributed by atoms with Gasteiger partial charge in [-0.1, -0.05) is 0 Å². The molecule has 0 aromatic heterocycles. The Morgan fingerprint density at radius 1 is 1.00 bits per heavy atom. The van der Waals surface area contributed by atoms with Crippen molar-refractivity contribution in [3.63, 3.8) is 0 Å². The van der Waals surface area contributed by atoms with Crippen LogP contribution in [0.3, 0.4) is 0 Å². The van der Waals surface area contributed by atoms with Gasteiger partial charge < -0.3 is 4.90 Å². The molecule has 0 bridgehead atoms. The van der Waals surface area contributed by atoms with Gasteiger partial charge in [-0.05, 0) is 44.6 Å². The molecule has 2 aliphatic carbocycles. The molecule has 5 nitrogen and oxygen atoms in total. The molecule has 1 aliphatic heterocycles. The summed E-state index contributed by atoms with van der Waals surface area (Å²) in [6.07, 6.45) is 4.80. The number of hydrogen-bond donors (Lipinski definition) is 1. The third-order valence-electron chi connectivity index (χ3n) is 4.35. The van der Waals surface area contributed by atoms with Gasteiger partial charge in [0.05, 0.1) is 0 Å². The van der Waals surface area contributed by atoms with Gasteiger partial charge in [0.15, 0.2) is 0 Å². The zero-order chi connectivity index (χ0) is 12.8. The molecule has 0 radical (unpaired) electrons. The average molecular weight is 273 g/mol. The fraction of sp³-hybridized carbons (Fsp3) is 1.00. The molecule has 6 heteroatoms. The van der Waals surface area contributed by atoms with Crippen molar-refractivity contribution in [2.45, 2.75) is 31.7 Å². The fourth-order valence-electron chi connectivity index (χ4n) is 2.76. The third kappa shape index (κ3) is 2.87. The molecule has 18 heavy (non-hydrogen) atoms. The van der Waals surface area contributed by atoms with E-state index in [1.165, 1.54) is 25.7 Å². The summed E-state index contributed by atoms with van der Waals surface area (Å²) in [5.41, 5.74) is 0. The molecule has 3 aliphatic rings. The molecule has 104 valence electrons. The minimum atomic E-state index is -3.26. The van der Waals surface area contributed by atoms with Crippen molar-refractivity contribution < 1.29 is 8.42 Å². The summed E-state index contributed by atoms with van der Waals surface area (Å²) in [5, 5.41) is 0. The van der Waals surface area contributed by atoms with E-state index in [1.807, 2.05) is 7.05 Å². The summed E-state index contributed by atoms with van der Waals surface area (Å²) >= 11 is 0. The molecule has 0 aromatic carbocycles. The lowest BCUT2D eigenvalue weighted by Gasteiger charge is -2.32. The summed E-state index contributed by atoms with van der Waals surface area (Å²) in [5.74, 6) is 1.22. The summed E-state index contributed by atoms with van der Waals surface area (Å²) in [6, 6.07) is 0.217. The van der Waals surface area contributed by atoms with Crippen LogP contribution in [0.25, 0.3) is 0 Å². The molecule has 0 spiro atoms. The van der Waals surface area contributed by atoms with E-state index in [0.29, 0.717) is 24.9 Å². The summed E-state index contributed by atoms with van der Waals surface area (Å²) < 4.78 is 29.3. The first-order valence-corrected chi connectivity index (χ1v) is 8.46. The Labute approximate surface area is 110 Å². The summed E-state index contributed by atoms with van der Waals surface area (Å²) in [7, 11) is -1.22. The quantitative estimate of drug-likeness (QED) is 0.781. The van der Waals surface area contributed by atoms with Crippen molar-refractivity contribution in [3.8, 4) is 0 Å². The number of rotatable bonds is 5. The Bertz CT molecular complexity index is 384. The highest BCUT2D eigenvalue weighted by Gasteiger charge is 2.44. The lowest BCUT2D eigenvalue weighted by Crippen LogP contribution is -2.53. The Balaban J connectivity index is 1.62. The van der Waals surface area contributed by atoms with E-state index in [0.717, 1.165) is 13.1 Å². The monoisotopic (exact) mass is 273 g/mol. The van der Waals surface area contributed by atoms with Crippen LogP contribution in [-0.4, -0.2) is 56.9 Å². The van der Waals surface area contributed by atoms with Crippen LogP contribution >= 0.6 is 0 Å². The van der Waals surface area contributed by atoms with Crippen LogP contribution in [0.2, 0.25) is 0 Å². The molecule has 0 unspecified atom stereocenters. The SMILES string of the molecule is CN1CCN(S(=O)(=O)NC(C2CC2)C2CC2)CC1. The van der Waals surface area contributed by atoms with Crippen molar-refractivity contribution in [3.05, 3.63) is 0 Å². The molecule has 1 heterocycles. The van der Waals surface area contributed by atoms with E-state index < -0.39 is 10.2 Å². The van der Waals surface area contributed by atoms with Crippen LogP contribution in [0.5, 0.6) is 0 Å². The third-order valence-corrected chi connectivity index (χ3v) is 5.96. The molecule has 0 aromatic rings. The molecular formula is C12H23N3O2S. The first kappa shape index (κ1) is 12.8. The first-order valence-electron chi connectivity index (χ1n) is 7.02. The molecule has 0 amide bonds. The molecule has 3 fully saturated rings. The first-order chi connectivity index (χ1) is 8.56. The van der Waals surface area contributed by atoms with Crippen molar-refractivity contribution in [2.24, 2.45) is 11.8 Å².